The van der Waals surface area contributed by atoms with Gasteiger partial charge in [-0.25, -0.2) is 4.98 Å². The Hall–Kier alpha value is -0.450. The van der Waals surface area contributed by atoms with Gasteiger partial charge in [0.05, 0.1) is 11.2 Å². The van der Waals surface area contributed by atoms with E-state index in [0.717, 1.165) is 10.7 Å². The van der Waals surface area contributed by atoms with E-state index in [0.29, 0.717) is 0 Å². The van der Waals surface area contributed by atoms with Crippen LogP contribution in [0.3, 0.4) is 0 Å². The van der Waals surface area contributed by atoms with Crippen molar-refractivity contribution in [1.29, 1.82) is 0 Å². The van der Waals surface area contributed by atoms with Gasteiger partial charge >= 0.3 is 0 Å². The highest BCUT2D eigenvalue weighted by Gasteiger charge is 2.26. The summed E-state index contributed by atoms with van der Waals surface area (Å²) in [4.78, 5) is 4.49. The maximum Gasteiger partial charge on any atom is 0.124 e. The number of hydrogen-bond donors (Lipinski definition) is 1. The summed E-state index contributed by atoms with van der Waals surface area (Å²) in [5.74, 6) is 0. The van der Waals surface area contributed by atoms with Crippen molar-refractivity contribution in [2.45, 2.75) is 38.8 Å². The molecule has 0 atom stereocenters. The number of hydrogen-bond acceptors (Lipinski definition) is 4. The molecule has 0 aliphatic heterocycles. The molecular formula is C10H18N2OS. The molecule has 0 amide bonds. The van der Waals surface area contributed by atoms with Gasteiger partial charge in [-0.1, -0.05) is 0 Å². The Balaban J connectivity index is 3.00. The largest absolute Gasteiger partial charge is 0.372 e. The second-order valence-corrected chi connectivity index (χ2v) is 5.33. The fourth-order valence-corrected chi connectivity index (χ4v) is 2.03. The third-order valence-electron chi connectivity index (χ3n) is 2.19. The average Bonchev–Trinajstić information content (AvgIpc) is 2.51. The summed E-state index contributed by atoms with van der Waals surface area (Å²) in [6.45, 7) is 7.90. The molecule has 0 unspecified atom stereocenters. The lowest BCUT2D eigenvalue weighted by Gasteiger charge is -2.20. The first-order valence-electron chi connectivity index (χ1n) is 4.58. The number of methoxy groups -OCH3 is 1. The predicted octanol–water partition coefficient (Wildman–Crippen LogP) is 2.22. The molecule has 0 aliphatic carbocycles. The van der Waals surface area contributed by atoms with Crippen LogP contribution in [-0.4, -0.2) is 12.1 Å². The third-order valence-corrected chi connectivity index (χ3v) is 3.34. The second kappa shape index (κ2) is 3.61. The number of thiazole rings is 1. The van der Waals surface area contributed by atoms with Gasteiger partial charge in [0.15, 0.2) is 0 Å². The van der Waals surface area contributed by atoms with Crippen LogP contribution < -0.4 is 5.73 Å². The topological polar surface area (TPSA) is 48.1 Å². The van der Waals surface area contributed by atoms with Crippen molar-refractivity contribution < 1.29 is 4.74 Å². The maximum absolute atomic E-state index is 5.96. The highest BCUT2D eigenvalue weighted by Crippen LogP contribution is 2.29. The van der Waals surface area contributed by atoms with Gasteiger partial charge in [0.25, 0.3) is 0 Å². The van der Waals surface area contributed by atoms with E-state index in [-0.39, 0.29) is 11.1 Å². The second-order valence-electron chi connectivity index (χ2n) is 4.47. The molecule has 80 valence electrons. The highest BCUT2D eigenvalue weighted by molar-refractivity contribution is 7.09. The zero-order chi connectivity index (χ0) is 11.0. The Bertz CT molecular complexity index is 312. The first-order valence-corrected chi connectivity index (χ1v) is 5.46. The Labute approximate surface area is 89.3 Å². The lowest BCUT2D eigenvalue weighted by atomic mass is 10.0. The quantitative estimate of drug-likeness (QED) is 0.839. The van der Waals surface area contributed by atoms with E-state index < -0.39 is 0 Å². The van der Waals surface area contributed by atoms with Crippen LogP contribution in [0.5, 0.6) is 0 Å². The van der Waals surface area contributed by atoms with Crippen molar-refractivity contribution in [2.75, 3.05) is 7.11 Å². The van der Waals surface area contributed by atoms with Crippen molar-refractivity contribution >= 4 is 11.3 Å². The number of nitrogens with two attached hydrogens (primary N) is 1. The molecule has 1 heterocycles. The van der Waals surface area contributed by atoms with E-state index in [1.807, 2.05) is 33.1 Å². The average molecular weight is 214 g/mol. The fourth-order valence-electron chi connectivity index (χ4n) is 0.934. The third kappa shape index (κ3) is 2.32. The summed E-state index contributed by atoms with van der Waals surface area (Å²) >= 11 is 1.59. The molecule has 0 bridgehead atoms. The van der Waals surface area contributed by atoms with Crippen LogP contribution in [0, 0.1) is 0 Å². The molecule has 1 rings (SSSR count). The molecular weight excluding hydrogens is 196 g/mol. The first kappa shape index (κ1) is 11.6. The number of nitrogens with zero attached hydrogens (tertiary/aromatic N) is 1. The minimum Gasteiger partial charge on any atom is -0.372 e. The van der Waals surface area contributed by atoms with Crippen molar-refractivity contribution in [3.63, 3.8) is 0 Å². The lowest BCUT2D eigenvalue weighted by molar-refractivity contribution is 0.0188. The molecule has 0 spiro atoms. The van der Waals surface area contributed by atoms with Crippen LogP contribution in [0.15, 0.2) is 5.38 Å². The van der Waals surface area contributed by atoms with Crippen molar-refractivity contribution in [1.82, 2.24) is 4.98 Å². The molecule has 2 N–H and O–H groups in total. The van der Waals surface area contributed by atoms with Crippen LogP contribution in [-0.2, 0) is 15.9 Å². The Morgan fingerprint density at radius 1 is 1.36 bits per heavy atom. The van der Waals surface area contributed by atoms with E-state index in [1.165, 1.54) is 0 Å². The molecule has 0 saturated heterocycles. The SMILES string of the molecule is COC(C)(C)c1nc(C(C)(C)N)cs1. The van der Waals surface area contributed by atoms with Gasteiger partial charge in [-0.15, -0.1) is 11.3 Å². The summed E-state index contributed by atoms with van der Waals surface area (Å²) in [7, 11) is 1.69. The van der Waals surface area contributed by atoms with E-state index in [2.05, 4.69) is 4.98 Å². The standard InChI is InChI=1S/C10H18N2OS/c1-9(2,11)7-6-14-8(12-7)10(3,4)13-5/h6H,11H2,1-5H3. The molecule has 0 saturated carbocycles. The van der Waals surface area contributed by atoms with Crippen LogP contribution in [0.4, 0.5) is 0 Å². The van der Waals surface area contributed by atoms with Crippen LogP contribution >= 0.6 is 11.3 Å². The Morgan fingerprint density at radius 2 is 1.93 bits per heavy atom. The minimum atomic E-state index is -0.376. The molecule has 14 heavy (non-hydrogen) atoms. The van der Waals surface area contributed by atoms with Gasteiger partial charge in [-0.2, -0.15) is 0 Å². The van der Waals surface area contributed by atoms with Gasteiger partial charge in [0.2, 0.25) is 0 Å². The molecule has 0 aromatic carbocycles. The number of ether oxygens (including phenoxy) is 1. The zero-order valence-corrected chi connectivity index (χ0v) is 10.2. The van der Waals surface area contributed by atoms with Gasteiger partial charge in [-0.3, -0.25) is 0 Å². The first-order chi connectivity index (χ1) is 6.27. The van der Waals surface area contributed by atoms with E-state index in [9.17, 15) is 0 Å². The van der Waals surface area contributed by atoms with Crippen molar-refractivity contribution in [3.8, 4) is 0 Å². The van der Waals surface area contributed by atoms with Gasteiger partial charge in [-0.05, 0) is 27.7 Å². The Kier molecular flexibility index (Phi) is 2.99. The molecule has 0 fully saturated rings. The van der Waals surface area contributed by atoms with E-state index >= 15 is 0 Å². The molecule has 1 aromatic rings. The van der Waals surface area contributed by atoms with Gasteiger partial charge in [0, 0.05) is 12.5 Å². The van der Waals surface area contributed by atoms with Gasteiger partial charge in [0.1, 0.15) is 10.6 Å². The van der Waals surface area contributed by atoms with E-state index in [4.69, 9.17) is 10.5 Å². The lowest BCUT2D eigenvalue weighted by Crippen LogP contribution is -2.29. The predicted molar refractivity (Wildman–Crippen MR) is 59.4 cm³/mol. The summed E-state index contributed by atoms with van der Waals surface area (Å²) in [5, 5.41) is 2.96. The van der Waals surface area contributed by atoms with Gasteiger partial charge < -0.3 is 10.5 Å². The summed E-state index contributed by atoms with van der Waals surface area (Å²) in [6.07, 6.45) is 0. The van der Waals surface area contributed by atoms with Crippen molar-refractivity contribution in [2.24, 2.45) is 5.73 Å². The Morgan fingerprint density at radius 3 is 2.29 bits per heavy atom. The molecule has 0 radical (unpaired) electrons. The normalized spacial score (nSPS) is 13.3. The smallest absolute Gasteiger partial charge is 0.124 e. The maximum atomic E-state index is 5.96. The number of rotatable bonds is 3. The summed E-state index contributed by atoms with van der Waals surface area (Å²) < 4.78 is 5.36. The molecule has 1 aromatic heterocycles. The van der Waals surface area contributed by atoms with Crippen LogP contribution in [0.1, 0.15) is 38.4 Å². The van der Waals surface area contributed by atoms with Crippen LogP contribution in [0.25, 0.3) is 0 Å². The van der Waals surface area contributed by atoms with E-state index in [1.54, 1.807) is 18.4 Å². The molecule has 3 nitrogen and oxygen atoms in total. The fraction of sp³-hybridized carbons (Fsp3) is 0.700. The molecule has 4 heteroatoms. The monoisotopic (exact) mass is 214 g/mol. The zero-order valence-electron chi connectivity index (χ0n) is 9.42. The highest BCUT2D eigenvalue weighted by atomic mass is 32.1. The van der Waals surface area contributed by atoms with Crippen molar-refractivity contribution in [3.05, 3.63) is 16.1 Å². The summed E-state index contributed by atoms with van der Waals surface area (Å²) in [5.41, 5.74) is 6.18. The minimum absolute atomic E-state index is 0.325. The molecule has 0 aliphatic rings. The summed E-state index contributed by atoms with van der Waals surface area (Å²) in [6, 6.07) is 0. The number of aromatic nitrogens is 1. The van der Waals surface area contributed by atoms with Crippen LogP contribution in [0.2, 0.25) is 0 Å².